The Morgan fingerprint density at radius 1 is 1.27 bits per heavy atom. The van der Waals surface area contributed by atoms with Crippen molar-refractivity contribution in [2.24, 2.45) is 11.7 Å². The second-order valence-electron chi connectivity index (χ2n) is 6.48. The lowest BCUT2D eigenvalue weighted by molar-refractivity contribution is -0.140. The van der Waals surface area contributed by atoms with Gasteiger partial charge in [0.1, 0.15) is 6.04 Å². The molecular formula is C18H30Cl2N4O2. The lowest BCUT2D eigenvalue weighted by Gasteiger charge is -2.36. The molecule has 3 N–H and O–H groups in total. The van der Waals surface area contributed by atoms with Gasteiger partial charge in [-0.15, -0.1) is 24.8 Å². The van der Waals surface area contributed by atoms with E-state index in [0.717, 1.165) is 18.4 Å². The topological polar surface area (TPSA) is 78.7 Å². The minimum Gasteiger partial charge on any atom is -0.355 e. The zero-order valence-electron chi connectivity index (χ0n) is 15.4. The molecule has 2 atom stereocenters. The van der Waals surface area contributed by atoms with Gasteiger partial charge >= 0.3 is 0 Å². The molecule has 0 saturated carbocycles. The molecule has 6 nitrogen and oxygen atoms in total. The second kappa shape index (κ2) is 12.1. The predicted molar refractivity (Wildman–Crippen MR) is 109 cm³/mol. The van der Waals surface area contributed by atoms with Crippen LogP contribution >= 0.6 is 24.8 Å². The molecule has 1 fully saturated rings. The standard InChI is InChI=1S/C18H28N4O2.2ClH/c1-21(2)16(14-7-4-3-5-8-14)18(24)22-12-6-9-15(13-22)17(23)20-11-10-19;;/h3-5,7-8,15-16H,6,9-13,19H2,1-2H3,(H,20,23);2*1H. The molecule has 0 aliphatic carbocycles. The van der Waals surface area contributed by atoms with Gasteiger partial charge in [-0.05, 0) is 32.5 Å². The van der Waals surface area contributed by atoms with Gasteiger partial charge in [0.25, 0.3) is 0 Å². The van der Waals surface area contributed by atoms with Crippen LogP contribution in [0.1, 0.15) is 24.4 Å². The number of likely N-dealkylation sites (N-methyl/N-ethyl adjacent to an activating group) is 1. The van der Waals surface area contributed by atoms with E-state index in [1.54, 1.807) is 0 Å². The van der Waals surface area contributed by atoms with E-state index < -0.39 is 0 Å². The normalized spacial score (nSPS) is 17.7. The van der Waals surface area contributed by atoms with Crippen LogP contribution in [0.3, 0.4) is 0 Å². The van der Waals surface area contributed by atoms with Crippen molar-refractivity contribution < 1.29 is 9.59 Å². The zero-order chi connectivity index (χ0) is 17.5. The molecule has 2 rings (SSSR count). The fourth-order valence-electron chi connectivity index (χ4n) is 3.20. The molecule has 8 heteroatoms. The van der Waals surface area contributed by atoms with Gasteiger partial charge in [0.15, 0.2) is 0 Å². The monoisotopic (exact) mass is 404 g/mol. The Hall–Kier alpha value is -1.34. The fourth-order valence-corrected chi connectivity index (χ4v) is 3.20. The second-order valence-corrected chi connectivity index (χ2v) is 6.48. The van der Waals surface area contributed by atoms with Gasteiger partial charge in [0.2, 0.25) is 11.8 Å². The van der Waals surface area contributed by atoms with Crippen LogP contribution in [0.2, 0.25) is 0 Å². The molecule has 0 bridgehead atoms. The van der Waals surface area contributed by atoms with E-state index in [9.17, 15) is 9.59 Å². The van der Waals surface area contributed by atoms with E-state index in [1.165, 1.54) is 0 Å². The van der Waals surface area contributed by atoms with Crippen molar-refractivity contribution in [3.05, 3.63) is 35.9 Å². The molecular weight excluding hydrogens is 375 g/mol. The van der Waals surface area contributed by atoms with Crippen molar-refractivity contribution in [3.8, 4) is 0 Å². The van der Waals surface area contributed by atoms with Crippen LogP contribution in [0.5, 0.6) is 0 Å². The first-order valence-electron chi connectivity index (χ1n) is 8.52. The number of likely N-dealkylation sites (tertiary alicyclic amines) is 1. The van der Waals surface area contributed by atoms with Crippen LogP contribution in [-0.2, 0) is 9.59 Å². The number of benzene rings is 1. The highest BCUT2D eigenvalue weighted by molar-refractivity contribution is 5.86. The number of nitrogens with one attached hydrogen (secondary N) is 1. The van der Waals surface area contributed by atoms with Crippen LogP contribution in [0.4, 0.5) is 0 Å². The van der Waals surface area contributed by atoms with Gasteiger partial charge in [-0.2, -0.15) is 0 Å². The first kappa shape index (κ1) is 24.7. The van der Waals surface area contributed by atoms with Crippen LogP contribution in [-0.4, -0.2) is 61.9 Å². The molecule has 2 amide bonds. The molecule has 26 heavy (non-hydrogen) atoms. The van der Waals surface area contributed by atoms with Crippen LogP contribution < -0.4 is 11.1 Å². The third-order valence-corrected chi connectivity index (χ3v) is 4.41. The van der Waals surface area contributed by atoms with Gasteiger partial charge in [-0.3, -0.25) is 14.5 Å². The van der Waals surface area contributed by atoms with Crippen molar-refractivity contribution in [3.63, 3.8) is 0 Å². The average molecular weight is 405 g/mol. The summed E-state index contributed by atoms with van der Waals surface area (Å²) in [6.07, 6.45) is 1.67. The summed E-state index contributed by atoms with van der Waals surface area (Å²) in [5.41, 5.74) is 6.41. The van der Waals surface area contributed by atoms with Gasteiger partial charge in [0, 0.05) is 26.2 Å². The van der Waals surface area contributed by atoms with Crippen LogP contribution in [0.15, 0.2) is 30.3 Å². The van der Waals surface area contributed by atoms with E-state index in [-0.39, 0.29) is 48.6 Å². The quantitative estimate of drug-likeness (QED) is 0.751. The Kier molecular flexibility index (Phi) is 11.5. The highest BCUT2D eigenvalue weighted by Gasteiger charge is 2.33. The number of carbonyl (C=O) groups is 2. The number of amides is 2. The van der Waals surface area contributed by atoms with E-state index in [4.69, 9.17) is 5.73 Å². The summed E-state index contributed by atoms with van der Waals surface area (Å²) >= 11 is 0. The summed E-state index contributed by atoms with van der Waals surface area (Å²) in [4.78, 5) is 29.0. The largest absolute Gasteiger partial charge is 0.355 e. The van der Waals surface area contributed by atoms with Gasteiger partial charge in [0.05, 0.1) is 5.92 Å². The molecule has 0 spiro atoms. The number of rotatable bonds is 6. The molecule has 1 aromatic carbocycles. The highest BCUT2D eigenvalue weighted by atomic mass is 35.5. The highest BCUT2D eigenvalue weighted by Crippen LogP contribution is 2.24. The van der Waals surface area contributed by atoms with E-state index in [2.05, 4.69) is 5.32 Å². The van der Waals surface area contributed by atoms with Crippen LogP contribution in [0, 0.1) is 5.92 Å². The summed E-state index contributed by atoms with van der Waals surface area (Å²) in [6.45, 7) is 2.09. The Labute approximate surface area is 168 Å². The molecule has 1 aromatic rings. The maximum absolute atomic E-state index is 13.1. The number of nitrogens with zero attached hydrogens (tertiary/aromatic N) is 2. The molecule has 2 unspecified atom stereocenters. The van der Waals surface area contributed by atoms with Crippen molar-refractivity contribution in [1.82, 2.24) is 15.1 Å². The first-order chi connectivity index (χ1) is 11.5. The number of nitrogens with two attached hydrogens (primary N) is 1. The third-order valence-electron chi connectivity index (χ3n) is 4.41. The zero-order valence-corrected chi connectivity index (χ0v) is 17.0. The molecule has 1 heterocycles. The summed E-state index contributed by atoms with van der Waals surface area (Å²) in [7, 11) is 3.82. The lowest BCUT2D eigenvalue weighted by atomic mass is 9.95. The predicted octanol–water partition coefficient (Wildman–Crippen LogP) is 1.45. The fraction of sp³-hybridized carbons (Fsp3) is 0.556. The van der Waals surface area contributed by atoms with Crippen molar-refractivity contribution in [1.29, 1.82) is 0 Å². The summed E-state index contributed by atoms with van der Waals surface area (Å²) in [5, 5.41) is 2.83. The first-order valence-corrected chi connectivity index (χ1v) is 8.52. The van der Waals surface area contributed by atoms with Crippen molar-refractivity contribution >= 4 is 36.6 Å². The number of hydrogen-bond acceptors (Lipinski definition) is 4. The minimum atomic E-state index is -0.322. The number of halogens is 2. The number of hydrogen-bond donors (Lipinski definition) is 2. The minimum absolute atomic E-state index is 0. The number of piperidine rings is 1. The molecule has 1 aliphatic rings. The molecule has 1 aliphatic heterocycles. The average Bonchev–Trinajstić information content (AvgIpc) is 2.60. The number of carbonyl (C=O) groups excluding carboxylic acids is 2. The Balaban J connectivity index is 0.00000312. The summed E-state index contributed by atoms with van der Waals surface area (Å²) in [5.74, 6) is -0.0885. The van der Waals surface area contributed by atoms with Crippen LogP contribution in [0.25, 0.3) is 0 Å². The molecule has 0 radical (unpaired) electrons. The van der Waals surface area contributed by atoms with Gasteiger partial charge in [-0.25, -0.2) is 0 Å². The van der Waals surface area contributed by atoms with Gasteiger partial charge in [-0.1, -0.05) is 30.3 Å². The SMILES string of the molecule is CN(C)C(C(=O)N1CCCC(C(=O)NCCN)C1)c1ccccc1.Cl.Cl. The lowest BCUT2D eigenvalue weighted by Crippen LogP contribution is -2.49. The molecule has 0 aromatic heterocycles. The molecule has 148 valence electrons. The molecule has 1 saturated heterocycles. The van der Waals surface area contributed by atoms with E-state index >= 15 is 0 Å². The van der Waals surface area contributed by atoms with Crippen molar-refractivity contribution in [2.45, 2.75) is 18.9 Å². The maximum Gasteiger partial charge on any atom is 0.244 e. The Morgan fingerprint density at radius 2 is 1.92 bits per heavy atom. The Morgan fingerprint density at radius 3 is 2.50 bits per heavy atom. The third kappa shape index (κ3) is 6.43. The van der Waals surface area contributed by atoms with E-state index in [1.807, 2.05) is 54.2 Å². The van der Waals surface area contributed by atoms with Gasteiger partial charge < -0.3 is 16.0 Å². The summed E-state index contributed by atoms with van der Waals surface area (Å²) < 4.78 is 0. The Bertz CT molecular complexity index is 557. The summed E-state index contributed by atoms with van der Waals surface area (Å²) in [6, 6.07) is 9.45. The smallest absolute Gasteiger partial charge is 0.244 e. The maximum atomic E-state index is 13.1. The van der Waals surface area contributed by atoms with E-state index in [0.29, 0.717) is 26.2 Å². The van der Waals surface area contributed by atoms with Crippen molar-refractivity contribution in [2.75, 3.05) is 40.3 Å².